The van der Waals surface area contributed by atoms with Crippen LogP contribution in [0.2, 0.25) is 0 Å². The van der Waals surface area contributed by atoms with Crippen molar-refractivity contribution in [1.29, 1.82) is 0 Å². The van der Waals surface area contributed by atoms with Crippen molar-refractivity contribution >= 4 is 11.9 Å². The molecule has 5 nitrogen and oxygen atoms in total. The molecule has 1 aromatic rings. The van der Waals surface area contributed by atoms with E-state index in [0.29, 0.717) is 12.5 Å². The van der Waals surface area contributed by atoms with Gasteiger partial charge in [-0.15, -0.1) is 0 Å². The van der Waals surface area contributed by atoms with Crippen LogP contribution in [-0.2, 0) is 11.3 Å². The Hall–Kier alpha value is -2.04. The Morgan fingerprint density at radius 1 is 1.24 bits per heavy atom. The molecule has 0 aliphatic carbocycles. The van der Waals surface area contributed by atoms with Gasteiger partial charge in [-0.2, -0.15) is 0 Å². The number of nitrogens with one attached hydrogen (secondary N) is 2. The summed E-state index contributed by atoms with van der Waals surface area (Å²) in [6.07, 6.45) is 0. The van der Waals surface area contributed by atoms with Crippen LogP contribution in [0.4, 0.5) is 0 Å². The number of amides is 1. The van der Waals surface area contributed by atoms with E-state index in [1.165, 1.54) is 16.7 Å². The molecule has 0 unspecified atom stereocenters. The molecule has 0 radical (unpaired) electrons. The zero-order valence-electron chi connectivity index (χ0n) is 13.7. The van der Waals surface area contributed by atoms with Crippen LogP contribution >= 0.6 is 0 Å². The standard InChI is InChI=1S/C16H26N4O/c1-6-17-16(19-11-15(21)20(4)5)18-10-14-8-7-12(2)9-13(14)3/h7-9H,6,10-11H2,1-5H3,(H2,17,18,19). The number of rotatable bonds is 5. The van der Waals surface area contributed by atoms with Crippen molar-refractivity contribution in [2.75, 3.05) is 27.2 Å². The van der Waals surface area contributed by atoms with Gasteiger partial charge in [0.05, 0.1) is 13.1 Å². The van der Waals surface area contributed by atoms with Crippen molar-refractivity contribution in [2.24, 2.45) is 4.99 Å². The third kappa shape index (κ3) is 5.85. The highest BCUT2D eigenvalue weighted by Crippen LogP contribution is 2.11. The van der Waals surface area contributed by atoms with Gasteiger partial charge in [-0.1, -0.05) is 23.8 Å². The maximum Gasteiger partial charge on any atom is 0.241 e. The number of nitrogens with zero attached hydrogens (tertiary/aromatic N) is 2. The molecule has 5 heteroatoms. The molecule has 0 saturated carbocycles. The minimum absolute atomic E-state index is 0.0205. The van der Waals surface area contributed by atoms with E-state index in [0.717, 1.165) is 6.54 Å². The second-order valence-corrected chi connectivity index (χ2v) is 5.27. The number of benzene rings is 1. The van der Waals surface area contributed by atoms with Gasteiger partial charge in [-0.3, -0.25) is 4.79 Å². The lowest BCUT2D eigenvalue weighted by molar-refractivity contribution is -0.127. The average Bonchev–Trinajstić information content (AvgIpc) is 2.42. The van der Waals surface area contributed by atoms with E-state index in [1.54, 1.807) is 19.0 Å². The fraction of sp³-hybridized carbons (Fsp3) is 0.500. The Labute approximate surface area is 127 Å². The van der Waals surface area contributed by atoms with E-state index in [9.17, 15) is 4.79 Å². The number of aryl methyl sites for hydroxylation is 2. The number of guanidine groups is 1. The van der Waals surface area contributed by atoms with Gasteiger partial charge >= 0.3 is 0 Å². The van der Waals surface area contributed by atoms with Gasteiger partial charge in [0, 0.05) is 20.6 Å². The summed E-state index contributed by atoms with van der Waals surface area (Å²) in [5, 5.41) is 6.20. The molecule has 0 saturated heterocycles. The van der Waals surface area contributed by atoms with Crippen LogP contribution in [0.3, 0.4) is 0 Å². The molecule has 2 N–H and O–H groups in total. The molecule has 0 bridgehead atoms. The van der Waals surface area contributed by atoms with Gasteiger partial charge in [-0.25, -0.2) is 4.99 Å². The number of carbonyl (C=O) groups excluding carboxylic acids is 1. The fourth-order valence-electron chi connectivity index (χ4n) is 1.85. The molecular formula is C16H26N4O. The van der Waals surface area contributed by atoms with Gasteiger partial charge < -0.3 is 15.5 Å². The summed E-state index contributed by atoms with van der Waals surface area (Å²) in [5.41, 5.74) is 3.68. The molecule has 0 heterocycles. The molecule has 0 fully saturated rings. The van der Waals surface area contributed by atoms with Gasteiger partial charge in [0.25, 0.3) is 0 Å². The average molecular weight is 290 g/mol. The first-order chi connectivity index (χ1) is 9.93. The van der Waals surface area contributed by atoms with E-state index in [-0.39, 0.29) is 12.5 Å². The number of hydrogen-bond donors (Lipinski definition) is 2. The predicted molar refractivity (Wildman–Crippen MR) is 87.4 cm³/mol. The Balaban J connectivity index is 2.68. The molecular weight excluding hydrogens is 264 g/mol. The number of aliphatic imine (C=N–C) groups is 1. The molecule has 0 spiro atoms. The lowest BCUT2D eigenvalue weighted by Crippen LogP contribution is -2.42. The van der Waals surface area contributed by atoms with Crippen molar-refractivity contribution in [3.05, 3.63) is 34.9 Å². The summed E-state index contributed by atoms with van der Waals surface area (Å²) in [5.74, 6) is 0.680. The first-order valence-corrected chi connectivity index (χ1v) is 7.22. The minimum Gasteiger partial charge on any atom is -0.357 e. The summed E-state index contributed by atoms with van der Waals surface area (Å²) in [6, 6.07) is 6.34. The smallest absolute Gasteiger partial charge is 0.241 e. The molecule has 21 heavy (non-hydrogen) atoms. The lowest BCUT2D eigenvalue weighted by atomic mass is 10.1. The highest BCUT2D eigenvalue weighted by molar-refractivity contribution is 5.86. The van der Waals surface area contributed by atoms with Crippen molar-refractivity contribution < 1.29 is 4.79 Å². The third-order valence-corrected chi connectivity index (χ3v) is 3.16. The zero-order valence-corrected chi connectivity index (χ0v) is 13.7. The topological polar surface area (TPSA) is 56.7 Å². The Bertz CT molecular complexity index is 509. The van der Waals surface area contributed by atoms with Crippen molar-refractivity contribution in [3.63, 3.8) is 0 Å². The second kappa shape index (κ2) is 8.29. The first kappa shape index (κ1) is 17.0. The van der Waals surface area contributed by atoms with E-state index < -0.39 is 0 Å². The van der Waals surface area contributed by atoms with Crippen LogP contribution in [0, 0.1) is 13.8 Å². The molecule has 0 aliphatic heterocycles. The summed E-state index contributed by atoms with van der Waals surface area (Å²) in [7, 11) is 3.48. The summed E-state index contributed by atoms with van der Waals surface area (Å²) in [4.78, 5) is 17.7. The lowest BCUT2D eigenvalue weighted by Gasteiger charge is -2.14. The van der Waals surface area contributed by atoms with E-state index in [2.05, 4.69) is 47.7 Å². The van der Waals surface area contributed by atoms with E-state index in [4.69, 9.17) is 0 Å². The number of hydrogen-bond acceptors (Lipinski definition) is 2. The second-order valence-electron chi connectivity index (χ2n) is 5.27. The van der Waals surface area contributed by atoms with Crippen LogP contribution in [0.5, 0.6) is 0 Å². The first-order valence-electron chi connectivity index (χ1n) is 7.22. The Morgan fingerprint density at radius 2 is 1.95 bits per heavy atom. The normalized spacial score (nSPS) is 11.2. The highest BCUT2D eigenvalue weighted by atomic mass is 16.2. The summed E-state index contributed by atoms with van der Waals surface area (Å²) < 4.78 is 0. The molecule has 0 atom stereocenters. The van der Waals surface area contributed by atoms with Gasteiger partial charge in [0.15, 0.2) is 5.96 Å². The van der Waals surface area contributed by atoms with Gasteiger partial charge in [0.2, 0.25) is 5.91 Å². The van der Waals surface area contributed by atoms with Crippen LogP contribution < -0.4 is 10.6 Å². The van der Waals surface area contributed by atoms with Crippen LogP contribution in [0.25, 0.3) is 0 Å². The monoisotopic (exact) mass is 290 g/mol. The maximum atomic E-state index is 11.6. The molecule has 116 valence electrons. The Kier molecular flexibility index (Phi) is 6.72. The fourth-order valence-corrected chi connectivity index (χ4v) is 1.85. The predicted octanol–water partition coefficient (Wildman–Crippen LogP) is 1.45. The molecule has 1 rings (SSSR count). The van der Waals surface area contributed by atoms with Crippen LogP contribution in [0.15, 0.2) is 23.2 Å². The number of likely N-dealkylation sites (N-methyl/N-ethyl adjacent to an activating group) is 1. The maximum absolute atomic E-state index is 11.6. The van der Waals surface area contributed by atoms with Crippen molar-refractivity contribution in [2.45, 2.75) is 27.3 Å². The third-order valence-electron chi connectivity index (χ3n) is 3.16. The van der Waals surface area contributed by atoms with Crippen LogP contribution in [0.1, 0.15) is 23.6 Å². The molecule has 1 amide bonds. The Morgan fingerprint density at radius 3 is 2.52 bits per heavy atom. The van der Waals surface area contributed by atoms with Gasteiger partial charge in [0.1, 0.15) is 0 Å². The van der Waals surface area contributed by atoms with Crippen LogP contribution in [-0.4, -0.2) is 44.0 Å². The van der Waals surface area contributed by atoms with E-state index >= 15 is 0 Å². The summed E-state index contributed by atoms with van der Waals surface area (Å²) >= 11 is 0. The largest absolute Gasteiger partial charge is 0.357 e. The quantitative estimate of drug-likeness (QED) is 0.637. The highest BCUT2D eigenvalue weighted by Gasteiger charge is 2.05. The summed E-state index contributed by atoms with van der Waals surface area (Å²) in [6.45, 7) is 7.77. The van der Waals surface area contributed by atoms with Gasteiger partial charge in [-0.05, 0) is 31.9 Å². The molecule has 1 aromatic carbocycles. The van der Waals surface area contributed by atoms with Crippen molar-refractivity contribution in [3.8, 4) is 0 Å². The number of carbonyl (C=O) groups is 1. The molecule has 0 aliphatic rings. The molecule has 0 aromatic heterocycles. The zero-order chi connectivity index (χ0) is 15.8. The SMILES string of the molecule is CCNC(=NCc1ccc(C)cc1C)NCC(=O)N(C)C. The van der Waals surface area contributed by atoms with E-state index in [1.807, 2.05) is 6.92 Å². The minimum atomic E-state index is 0.0205. The van der Waals surface area contributed by atoms with Crippen molar-refractivity contribution in [1.82, 2.24) is 15.5 Å².